The Hall–Kier alpha value is -2.90. The summed E-state index contributed by atoms with van der Waals surface area (Å²) in [5.41, 5.74) is 1.19. The minimum Gasteiger partial charge on any atom is -0.458 e. The number of fused-ring (bicyclic) bond motifs is 1. The number of carbonyl (C=O) groups is 1. The van der Waals surface area contributed by atoms with Gasteiger partial charge in [-0.25, -0.2) is 9.78 Å². The van der Waals surface area contributed by atoms with Crippen molar-refractivity contribution in [1.29, 1.82) is 0 Å². The van der Waals surface area contributed by atoms with Gasteiger partial charge in [-0.15, -0.1) is 0 Å². The van der Waals surface area contributed by atoms with E-state index < -0.39 is 11.6 Å². The first-order chi connectivity index (χ1) is 14.3. The molecule has 4 rings (SSSR count). The molecule has 0 bridgehead atoms. The van der Waals surface area contributed by atoms with Crippen LogP contribution < -0.4 is 5.32 Å². The Morgan fingerprint density at radius 3 is 2.80 bits per heavy atom. The predicted octanol–water partition coefficient (Wildman–Crippen LogP) is 4.32. The maximum Gasteiger partial charge on any atom is 0.331 e. The second-order valence-electron chi connectivity index (χ2n) is 9.09. The highest BCUT2D eigenvalue weighted by Crippen LogP contribution is 2.34. The fraction of sp³-hybridized carbons (Fsp3) is 0.545. The van der Waals surface area contributed by atoms with Gasteiger partial charge in [-0.3, -0.25) is 4.68 Å². The normalized spacial score (nSPS) is 19.4. The molecule has 4 heterocycles. The molecular formula is C22H30N6O2. The Bertz CT molecular complexity index is 1050. The van der Waals surface area contributed by atoms with Crippen molar-refractivity contribution in [1.82, 2.24) is 24.3 Å². The molecule has 1 saturated heterocycles. The third-order valence-electron chi connectivity index (χ3n) is 5.91. The average Bonchev–Trinajstić information content (AvgIpc) is 3.36. The second kappa shape index (κ2) is 7.74. The van der Waals surface area contributed by atoms with Crippen LogP contribution in [-0.2, 0) is 16.1 Å². The summed E-state index contributed by atoms with van der Waals surface area (Å²) in [5.74, 6) is 1.47. The number of esters is 1. The van der Waals surface area contributed by atoms with Crippen molar-refractivity contribution >= 4 is 28.6 Å². The van der Waals surface area contributed by atoms with Crippen LogP contribution in [0.2, 0.25) is 0 Å². The minimum absolute atomic E-state index is 0.249. The van der Waals surface area contributed by atoms with Crippen molar-refractivity contribution in [2.75, 3.05) is 5.32 Å². The molecule has 3 aromatic rings. The molecular weight excluding hydrogens is 380 g/mol. The van der Waals surface area contributed by atoms with E-state index in [0.29, 0.717) is 24.2 Å². The van der Waals surface area contributed by atoms with Crippen molar-refractivity contribution in [3.63, 3.8) is 0 Å². The third kappa shape index (κ3) is 4.04. The average molecular weight is 411 g/mol. The Morgan fingerprint density at radius 1 is 1.33 bits per heavy atom. The van der Waals surface area contributed by atoms with Crippen LogP contribution in [0.4, 0.5) is 11.6 Å². The van der Waals surface area contributed by atoms with E-state index in [0.717, 1.165) is 29.7 Å². The fourth-order valence-electron chi connectivity index (χ4n) is 4.08. The number of hydrogen-bond donors (Lipinski definition) is 1. The van der Waals surface area contributed by atoms with Crippen molar-refractivity contribution in [2.24, 2.45) is 11.8 Å². The molecule has 2 atom stereocenters. The minimum atomic E-state index is -0.465. The quantitative estimate of drug-likeness (QED) is 0.584. The molecule has 30 heavy (non-hydrogen) atoms. The van der Waals surface area contributed by atoms with Crippen LogP contribution in [-0.4, -0.2) is 35.9 Å². The number of nitrogens with zero attached hydrogens (tertiary/aromatic N) is 5. The van der Waals surface area contributed by atoms with Gasteiger partial charge in [0.2, 0.25) is 5.95 Å². The Balaban J connectivity index is 1.53. The molecule has 8 nitrogen and oxygen atoms in total. The summed E-state index contributed by atoms with van der Waals surface area (Å²) in [5, 5.41) is 8.57. The van der Waals surface area contributed by atoms with Gasteiger partial charge in [0.15, 0.2) is 6.04 Å². The summed E-state index contributed by atoms with van der Waals surface area (Å²) in [7, 11) is 0. The molecule has 160 valence electrons. The zero-order valence-corrected chi connectivity index (χ0v) is 18.3. The van der Waals surface area contributed by atoms with Crippen molar-refractivity contribution in [3.05, 3.63) is 30.9 Å². The van der Waals surface area contributed by atoms with E-state index in [4.69, 9.17) is 9.72 Å². The lowest BCUT2D eigenvalue weighted by atomic mass is 9.93. The SMILES string of the molecule is CCC(Cn1ccc2cnc(Nc3cnn(C4CC(C)(C)OC4=O)c3)nc21)C(C)C. The first-order valence-electron chi connectivity index (χ1n) is 10.6. The molecule has 0 radical (unpaired) electrons. The Kier molecular flexibility index (Phi) is 5.26. The topological polar surface area (TPSA) is 86.9 Å². The first kappa shape index (κ1) is 20.4. The van der Waals surface area contributed by atoms with Crippen molar-refractivity contribution in [3.8, 4) is 0 Å². The van der Waals surface area contributed by atoms with Crippen LogP contribution in [0.1, 0.15) is 53.5 Å². The van der Waals surface area contributed by atoms with E-state index in [1.165, 1.54) is 0 Å². The zero-order chi connectivity index (χ0) is 21.5. The number of cyclic esters (lactones) is 1. The Labute approximate surface area is 176 Å². The van der Waals surface area contributed by atoms with Crippen molar-refractivity contribution in [2.45, 2.75) is 65.6 Å². The van der Waals surface area contributed by atoms with Crippen LogP contribution >= 0.6 is 0 Å². The van der Waals surface area contributed by atoms with E-state index in [9.17, 15) is 4.79 Å². The molecule has 0 amide bonds. The van der Waals surface area contributed by atoms with Gasteiger partial charge in [-0.05, 0) is 31.7 Å². The van der Waals surface area contributed by atoms with E-state index in [1.807, 2.05) is 20.0 Å². The largest absolute Gasteiger partial charge is 0.458 e. The maximum atomic E-state index is 12.1. The van der Waals surface area contributed by atoms with Gasteiger partial charge in [0.05, 0.1) is 11.9 Å². The molecule has 2 unspecified atom stereocenters. The number of anilines is 2. The molecule has 8 heteroatoms. The lowest BCUT2D eigenvalue weighted by Gasteiger charge is -2.20. The van der Waals surface area contributed by atoms with E-state index in [-0.39, 0.29) is 5.97 Å². The summed E-state index contributed by atoms with van der Waals surface area (Å²) in [6.07, 6.45) is 9.12. The molecule has 1 fully saturated rings. The molecule has 1 N–H and O–H groups in total. The summed E-state index contributed by atoms with van der Waals surface area (Å²) < 4.78 is 9.26. The fourth-order valence-corrected chi connectivity index (χ4v) is 4.08. The van der Waals surface area contributed by atoms with Crippen LogP contribution in [0.5, 0.6) is 0 Å². The predicted molar refractivity (Wildman–Crippen MR) is 115 cm³/mol. The van der Waals surface area contributed by atoms with E-state index in [1.54, 1.807) is 17.1 Å². The van der Waals surface area contributed by atoms with Crippen molar-refractivity contribution < 1.29 is 9.53 Å². The number of rotatable bonds is 7. The highest BCUT2D eigenvalue weighted by molar-refractivity contribution is 5.78. The standard InChI is InChI=1S/C22H30N6O2/c1-6-15(14(2)3)12-27-8-7-16-10-23-21(26-19(16)27)25-17-11-24-28(13-17)18-9-22(4,5)30-20(18)29/h7-8,10-11,13-15,18H,6,9,12H2,1-5H3,(H,23,25,26). The number of aromatic nitrogens is 5. The lowest BCUT2D eigenvalue weighted by Crippen LogP contribution is -2.17. The van der Waals surface area contributed by atoms with Gasteiger partial charge in [0.25, 0.3) is 0 Å². The molecule has 1 aliphatic heterocycles. The molecule has 0 aromatic carbocycles. The summed E-state index contributed by atoms with van der Waals surface area (Å²) in [4.78, 5) is 21.3. The monoisotopic (exact) mass is 410 g/mol. The summed E-state index contributed by atoms with van der Waals surface area (Å²) in [6.45, 7) is 11.5. The molecule has 0 saturated carbocycles. The molecule has 0 aliphatic carbocycles. The number of carbonyl (C=O) groups excluding carboxylic acids is 1. The van der Waals surface area contributed by atoms with E-state index in [2.05, 4.69) is 53.0 Å². The van der Waals surface area contributed by atoms with Gasteiger partial charge >= 0.3 is 5.97 Å². The second-order valence-corrected chi connectivity index (χ2v) is 9.09. The zero-order valence-electron chi connectivity index (χ0n) is 18.3. The van der Waals surface area contributed by atoms with Gasteiger partial charge in [0, 0.05) is 36.9 Å². The summed E-state index contributed by atoms with van der Waals surface area (Å²) in [6, 6.07) is 1.65. The Morgan fingerprint density at radius 2 is 2.13 bits per heavy atom. The number of ether oxygens (including phenoxy) is 1. The maximum absolute atomic E-state index is 12.1. The highest BCUT2D eigenvalue weighted by Gasteiger charge is 2.41. The first-order valence-corrected chi connectivity index (χ1v) is 10.6. The smallest absolute Gasteiger partial charge is 0.331 e. The van der Waals surface area contributed by atoms with Gasteiger partial charge in [-0.2, -0.15) is 10.1 Å². The van der Waals surface area contributed by atoms with Crippen LogP contribution in [0.3, 0.4) is 0 Å². The number of hydrogen-bond acceptors (Lipinski definition) is 6. The third-order valence-corrected chi connectivity index (χ3v) is 5.91. The summed E-state index contributed by atoms with van der Waals surface area (Å²) >= 11 is 0. The number of nitrogens with one attached hydrogen (secondary N) is 1. The van der Waals surface area contributed by atoms with E-state index >= 15 is 0 Å². The molecule has 1 aliphatic rings. The molecule has 0 spiro atoms. The van der Waals surface area contributed by atoms with Gasteiger partial charge in [-0.1, -0.05) is 27.2 Å². The van der Waals surface area contributed by atoms with Gasteiger partial charge in [0.1, 0.15) is 11.2 Å². The van der Waals surface area contributed by atoms with Crippen LogP contribution in [0, 0.1) is 11.8 Å². The van der Waals surface area contributed by atoms with Gasteiger partial charge < -0.3 is 14.6 Å². The van der Waals surface area contributed by atoms with Crippen LogP contribution in [0.15, 0.2) is 30.9 Å². The lowest BCUT2D eigenvalue weighted by molar-refractivity contribution is -0.148. The van der Waals surface area contributed by atoms with Crippen LogP contribution in [0.25, 0.3) is 11.0 Å². The molecule has 3 aromatic heterocycles. The highest BCUT2D eigenvalue weighted by atomic mass is 16.6.